The van der Waals surface area contributed by atoms with Crippen LogP contribution in [0.15, 0.2) is 47.6 Å². The van der Waals surface area contributed by atoms with E-state index < -0.39 is 0 Å². The van der Waals surface area contributed by atoms with Gasteiger partial charge in [0, 0.05) is 30.8 Å². The number of ether oxygens (including phenoxy) is 1. The Morgan fingerprint density at radius 1 is 1.26 bits per heavy atom. The van der Waals surface area contributed by atoms with Crippen LogP contribution >= 0.6 is 35.0 Å². The summed E-state index contributed by atoms with van der Waals surface area (Å²) in [6.45, 7) is 1.19. The molecule has 31 heavy (non-hydrogen) atoms. The number of anilines is 1. The second kappa shape index (κ2) is 11.2. The lowest BCUT2D eigenvalue weighted by atomic mass is 10.2. The highest BCUT2D eigenvalue weighted by Crippen LogP contribution is 2.29. The van der Waals surface area contributed by atoms with E-state index in [4.69, 9.17) is 27.9 Å². The number of nitrogens with one attached hydrogen (secondary N) is 1. The molecule has 160 valence electrons. The van der Waals surface area contributed by atoms with Gasteiger partial charge in [-0.15, -0.1) is 10.2 Å². The molecule has 0 aliphatic rings. The van der Waals surface area contributed by atoms with Crippen molar-refractivity contribution in [2.24, 2.45) is 0 Å². The van der Waals surface area contributed by atoms with Crippen LogP contribution in [0.25, 0.3) is 11.4 Å². The maximum atomic E-state index is 12.5. The van der Waals surface area contributed by atoms with E-state index in [-0.39, 0.29) is 11.7 Å². The quantitative estimate of drug-likeness (QED) is 0.349. The van der Waals surface area contributed by atoms with Crippen LogP contribution < -0.4 is 5.32 Å². The Morgan fingerprint density at radius 3 is 2.81 bits per heavy atom. The first-order valence-electron chi connectivity index (χ1n) is 9.33. The number of hydrogen-bond donors (Lipinski definition) is 1. The summed E-state index contributed by atoms with van der Waals surface area (Å²) >= 11 is 13.6. The number of amides is 1. The number of hydrogen-bond acceptors (Lipinski definition) is 6. The average Bonchev–Trinajstić information content (AvgIpc) is 3.15. The van der Waals surface area contributed by atoms with Gasteiger partial charge in [-0.05, 0) is 36.8 Å². The summed E-state index contributed by atoms with van der Waals surface area (Å²) in [7, 11) is 1.65. The molecule has 0 atom stereocenters. The molecular formula is C21H19Cl2N5O2S. The first-order chi connectivity index (χ1) is 15.0. The van der Waals surface area contributed by atoms with Crippen LogP contribution in [0, 0.1) is 11.3 Å². The van der Waals surface area contributed by atoms with Gasteiger partial charge in [0.1, 0.15) is 6.07 Å². The van der Waals surface area contributed by atoms with Crippen LogP contribution in [0.4, 0.5) is 5.69 Å². The topological polar surface area (TPSA) is 92.8 Å². The molecule has 3 rings (SSSR count). The van der Waals surface area contributed by atoms with Gasteiger partial charge in [-0.25, -0.2) is 0 Å². The van der Waals surface area contributed by atoms with Crippen LogP contribution in [0.1, 0.15) is 12.0 Å². The lowest BCUT2D eigenvalue weighted by Crippen LogP contribution is -2.15. The van der Waals surface area contributed by atoms with Crippen molar-refractivity contribution >= 4 is 46.6 Å². The van der Waals surface area contributed by atoms with Gasteiger partial charge in [-0.3, -0.25) is 4.79 Å². The fourth-order valence-corrected chi connectivity index (χ4v) is 4.00. The van der Waals surface area contributed by atoms with Crippen molar-refractivity contribution in [2.75, 3.05) is 24.8 Å². The van der Waals surface area contributed by atoms with E-state index in [0.717, 1.165) is 12.0 Å². The molecule has 10 heteroatoms. The third-order valence-corrected chi connectivity index (χ3v) is 5.80. The number of methoxy groups -OCH3 is 1. The Hall–Kier alpha value is -2.57. The number of aromatic nitrogens is 3. The van der Waals surface area contributed by atoms with Crippen LogP contribution in [0.5, 0.6) is 0 Å². The Kier molecular flexibility index (Phi) is 8.32. The SMILES string of the molecule is COCCCn1c(SCC(=O)Nc2cc(Cl)ccc2C#N)nnc1-c1ccccc1Cl. The minimum Gasteiger partial charge on any atom is -0.385 e. The predicted molar refractivity (Wildman–Crippen MR) is 122 cm³/mol. The molecule has 0 aliphatic heterocycles. The molecule has 7 nitrogen and oxygen atoms in total. The van der Waals surface area contributed by atoms with Gasteiger partial charge in [0.15, 0.2) is 11.0 Å². The molecular weight excluding hydrogens is 457 g/mol. The molecule has 0 fully saturated rings. The number of carbonyl (C=O) groups excluding carboxylic acids is 1. The van der Waals surface area contributed by atoms with E-state index in [0.29, 0.717) is 45.4 Å². The molecule has 3 aromatic rings. The first kappa shape index (κ1) is 23.1. The third-order valence-electron chi connectivity index (χ3n) is 4.27. The highest BCUT2D eigenvalue weighted by atomic mass is 35.5. The summed E-state index contributed by atoms with van der Waals surface area (Å²) in [6, 6.07) is 14.2. The molecule has 1 amide bonds. The van der Waals surface area contributed by atoms with Crippen LogP contribution in [-0.2, 0) is 16.1 Å². The summed E-state index contributed by atoms with van der Waals surface area (Å²) in [5, 5.41) is 22.1. The normalized spacial score (nSPS) is 10.6. The number of thioether (sulfide) groups is 1. The van der Waals surface area contributed by atoms with Gasteiger partial charge in [-0.1, -0.05) is 47.1 Å². The van der Waals surface area contributed by atoms with Gasteiger partial charge in [0.25, 0.3) is 0 Å². The number of benzene rings is 2. The second-order valence-electron chi connectivity index (χ2n) is 6.42. The lowest BCUT2D eigenvalue weighted by Gasteiger charge is -2.11. The lowest BCUT2D eigenvalue weighted by molar-refractivity contribution is -0.113. The Labute approximate surface area is 194 Å². The fraction of sp³-hybridized carbons (Fsp3) is 0.238. The minimum absolute atomic E-state index is 0.0856. The molecule has 1 aromatic heterocycles. The zero-order valence-electron chi connectivity index (χ0n) is 16.6. The fourth-order valence-electron chi connectivity index (χ4n) is 2.84. The van der Waals surface area contributed by atoms with Crippen LogP contribution in [0.2, 0.25) is 10.0 Å². The first-order valence-corrected chi connectivity index (χ1v) is 11.1. The van der Waals surface area contributed by atoms with E-state index >= 15 is 0 Å². The Balaban J connectivity index is 1.76. The largest absolute Gasteiger partial charge is 0.385 e. The van der Waals surface area contributed by atoms with E-state index in [1.165, 1.54) is 11.8 Å². The van der Waals surface area contributed by atoms with Gasteiger partial charge >= 0.3 is 0 Å². The molecule has 0 bridgehead atoms. The Bertz CT molecular complexity index is 1110. The second-order valence-corrected chi connectivity index (χ2v) is 8.21. The number of halogens is 2. The standard InChI is InChI=1S/C21H19Cl2N5O2S/c1-30-10-4-9-28-20(16-5-2-3-6-17(16)23)26-27-21(28)31-13-19(29)25-18-11-15(22)8-7-14(18)12-24/h2-3,5-8,11H,4,9-10,13H2,1H3,(H,25,29). The molecule has 0 saturated carbocycles. The number of nitrogens with zero attached hydrogens (tertiary/aromatic N) is 4. The van der Waals surface area contributed by atoms with Crippen molar-refractivity contribution in [2.45, 2.75) is 18.1 Å². The third kappa shape index (κ3) is 5.99. The zero-order valence-corrected chi connectivity index (χ0v) is 19.0. The van der Waals surface area contributed by atoms with E-state index in [1.54, 1.807) is 31.4 Å². The number of nitriles is 1. The van der Waals surface area contributed by atoms with Gasteiger partial charge in [0.05, 0.1) is 22.0 Å². The number of carbonyl (C=O) groups is 1. The van der Waals surface area contributed by atoms with Crippen molar-refractivity contribution in [3.8, 4) is 17.5 Å². The van der Waals surface area contributed by atoms with E-state index in [9.17, 15) is 10.1 Å². The summed E-state index contributed by atoms with van der Waals surface area (Å²) < 4.78 is 7.09. The van der Waals surface area contributed by atoms with Crippen LogP contribution in [0.3, 0.4) is 0 Å². The maximum Gasteiger partial charge on any atom is 0.234 e. The maximum absolute atomic E-state index is 12.5. The molecule has 0 radical (unpaired) electrons. The van der Waals surface area contributed by atoms with Crippen molar-refractivity contribution in [3.63, 3.8) is 0 Å². The molecule has 0 spiro atoms. The van der Waals surface area contributed by atoms with Crippen molar-refractivity contribution in [1.82, 2.24) is 14.8 Å². The molecule has 2 aromatic carbocycles. The highest BCUT2D eigenvalue weighted by molar-refractivity contribution is 7.99. The highest BCUT2D eigenvalue weighted by Gasteiger charge is 2.18. The van der Waals surface area contributed by atoms with Gasteiger partial charge < -0.3 is 14.6 Å². The van der Waals surface area contributed by atoms with E-state index in [2.05, 4.69) is 15.5 Å². The number of rotatable bonds is 9. The Morgan fingerprint density at radius 2 is 2.06 bits per heavy atom. The summed E-state index contributed by atoms with van der Waals surface area (Å²) in [5.41, 5.74) is 1.48. The average molecular weight is 476 g/mol. The van der Waals surface area contributed by atoms with Crippen molar-refractivity contribution in [1.29, 1.82) is 5.26 Å². The molecule has 0 saturated heterocycles. The van der Waals surface area contributed by atoms with Crippen molar-refractivity contribution < 1.29 is 9.53 Å². The molecule has 1 heterocycles. The summed E-state index contributed by atoms with van der Waals surface area (Å²) in [6.07, 6.45) is 0.750. The predicted octanol–water partition coefficient (Wildman–Crippen LogP) is 4.89. The summed E-state index contributed by atoms with van der Waals surface area (Å²) in [4.78, 5) is 12.5. The van der Waals surface area contributed by atoms with Crippen molar-refractivity contribution in [3.05, 3.63) is 58.1 Å². The summed E-state index contributed by atoms with van der Waals surface area (Å²) in [5.74, 6) is 0.434. The molecule has 0 aliphatic carbocycles. The molecule has 1 N–H and O–H groups in total. The molecule has 0 unspecified atom stereocenters. The van der Waals surface area contributed by atoms with Gasteiger partial charge in [-0.2, -0.15) is 5.26 Å². The zero-order chi connectivity index (χ0) is 22.2. The van der Waals surface area contributed by atoms with E-state index in [1.807, 2.05) is 28.8 Å². The van der Waals surface area contributed by atoms with Crippen LogP contribution in [-0.4, -0.2) is 40.1 Å². The monoisotopic (exact) mass is 475 g/mol. The minimum atomic E-state index is -0.283. The van der Waals surface area contributed by atoms with Gasteiger partial charge in [0.2, 0.25) is 5.91 Å². The smallest absolute Gasteiger partial charge is 0.234 e.